The van der Waals surface area contributed by atoms with E-state index in [-0.39, 0.29) is 11.7 Å². The van der Waals surface area contributed by atoms with Crippen LogP contribution >= 0.6 is 0 Å². The number of methoxy groups -OCH3 is 1. The van der Waals surface area contributed by atoms with Gasteiger partial charge in [-0.05, 0) is 30.3 Å². The van der Waals surface area contributed by atoms with Crippen LogP contribution in [0.2, 0.25) is 0 Å². The first kappa shape index (κ1) is 15.3. The highest BCUT2D eigenvalue weighted by molar-refractivity contribution is 5.94. The van der Waals surface area contributed by atoms with Gasteiger partial charge in [0.05, 0.1) is 12.8 Å². The highest BCUT2D eigenvalue weighted by Gasteiger charge is 2.23. The topological polar surface area (TPSA) is 32.8 Å². The number of anilines is 1. The molecule has 4 nitrogen and oxygen atoms in total. The average molecular weight is 314 g/mol. The molecule has 23 heavy (non-hydrogen) atoms. The van der Waals surface area contributed by atoms with Crippen LogP contribution in [0.1, 0.15) is 10.4 Å². The van der Waals surface area contributed by atoms with Gasteiger partial charge in [-0.1, -0.05) is 18.2 Å². The van der Waals surface area contributed by atoms with Crippen molar-refractivity contribution in [1.82, 2.24) is 4.90 Å². The third kappa shape index (κ3) is 3.28. The maximum Gasteiger partial charge on any atom is 0.254 e. The Balaban J connectivity index is 1.66. The minimum atomic E-state index is -0.222. The Morgan fingerprint density at radius 3 is 2.48 bits per heavy atom. The quantitative estimate of drug-likeness (QED) is 0.873. The van der Waals surface area contributed by atoms with E-state index in [1.807, 2.05) is 23.1 Å². The lowest BCUT2D eigenvalue weighted by molar-refractivity contribution is 0.0746. The second-order valence-corrected chi connectivity index (χ2v) is 5.46. The summed E-state index contributed by atoms with van der Waals surface area (Å²) in [7, 11) is 1.58. The van der Waals surface area contributed by atoms with Crippen molar-refractivity contribution in [3.8, 4) is 5.75 Å². The molecule has 0 radical (unpaired) electrons. The van der Waals surface area contributed by atoms with Gasteiger partial charge in [0, 0.05) is 31.7 Å². The van der Waals surface area contributed by atoms with Crippen molar-refractivity contribution in [3.63, 3.8) is 0 Å². The lowest BCUT2D eigenvalue weighted by Gasteiger charge is -2.36. The van der Waals surface area contributed by atoms with Crippen LogP contribution in [-0.2, 0) is 0 Å². The van der Waals surface area contributed by atoms with Crippen LogP contribution < -0.4 is 9.64 Å². The molecule has 0 aromatic heterocycles. The molecule has 0 N–H and O–H groups in total. The van der Waals surface area contributed by atoms with E-state index in [1.165, 1.54) is 6.07 Å². The third-order valence-corrected chi connectivity index (χ3v) is 4.08. The Morgan fingerprint density at radius 2 is 1.78 bits per heavy atom. The van der Waals surface area contributed by atoms with Gasteiger partial charge < -0.3 is 14.5 Å². The fourth-order valence-corrected chi connectivity index (χ4v) is 2.80. The summed E-state index contributed by atoms with van der Waals surface area (Å²) >= 11 is 0. The van der Waals surface area contributed by atoms with Gasteiger partial charge in [0.2, 0.25) is 0 Å². The molecule has 1 aliphatic rings. The van der Waals surface area contributed by atoms with Gasteiger partial charge in [0.1, 0.15) is 11.6 Å². The Hall–Kier alpha value is -2.56. The number of amides is 1. The van der Waals surface area contributed by atoms with Crippen LogP contribution in [0.15, 0.2) is 48.5 Å². The molecule has 1 heterocycles. The summed E-state index contributed by atoms with van der Waals surface area (Å²) in [6, 6.07) is 13.9. The summed E-state index contributed by atoms with van der Waals surface area (Å²) in [5, 5.41) is 0. The van der Waals surface area contributed by atoms with Crippen LogP contribution in [0.3, 0.4) is 0 Å². The number of nitrogens with zero attached hydrogens (tertiary/aromatic N) is 2. The van der Waals surface area contributed by atoms with Gasteiger partial charge in [0.15, 0.2) is 0 Å². The van der Waals surface area contributed by atoms with E-state index in [9.17, 15) is 9.18 Å². The fourth-order valence-electron chi connectivity index (χ4n) is 2.80. The van der Waals surface area contributed by atoms with E-state index in [0.29, 0.717) is 43.2 Å². The fraction of sp³-hybridized carbons (Fsp3) is 0.278. The second-order valence-electron chi connectivity index (χ2n) is 5.46. The highest BCUT2D eigenvalue weighted by atomic mass is 19.1. The highest BCUT2D eigenvalue weighted by Crippen LogP contribution is 2.21. The molecule has 0 aliphatic carbocycles. The Bertz CT molecular complexity index is 697. The van der Waals surface area contributed by atoms with E-state index in [1.54, 1.807) is 36.3 Å². The molecule has 120 valence electrons. The maximum absolute atomic E-state index is 13.8. The molecule has 1 fully saturated rings. The monoisotopic (exact) mass is 314 g/mol. The molecule has 3 rings (SSSR count). The molecule has 1 aliphatic heterocycles. The van der Waals surface area contributed by atoms with Gasteiger partial charge in [-0.15, -0.1) is 0 Å². The van der Waals surface area contributed by atoms with Crippen molar-refractivity contribution < 1.29 is 13.9 Å². The second kappa shape index (κ2) is 6.69. The summed E-state index contributed by atoms with van der Waals surface area (Å²) in [6.45, 7) is 2.39. The minimum absolute atomic E-state index is 0.0166. The van der Waals surface area contributed by atoms with Crippen molar-refractivity contribution in [2.45, 2.75) is 0 Å². The summed E-state index contributed by atoms with van der Waals surface area (Å²) in [4.78, 5) is 16.3. The zero-order chi connectivity index (χ0) is 16.2. The van der Waals surface area contributed by atoms with E-state index in [2.05, 4.69) is 0 Å². The Kier molecular flexibility index (Phi) is 4.46. The zero-order valence-corrected chi connectivity index (χ0v) is 13.0. The molecular formula is C18H19FN2O2. The van der Waals surface area contributed by atoms with E-state index < -0.39 is 0 Å². The first-order valence-electron chi connectivity index (χ1n) is 7.62. The average Bonchev–Trinajstić information content (AvgIpc) is 2.62. The SMILES string of the molecule is COc1cccc(C(=O)N2CCN(c3ccccc3F)CC2)c1. The Labute approximate surface area is 135 Å². The molecule has 0 atom stereocenters. The molecular weight excluding hydrogens is 295 g/mol. The van der Waals surface area contributed by atoms with Crippen molar-refractivity contribution in [3.05, 3.63) is 59.9 Å². The van der Waals surface area contributed by atoms with Crippen molar-refractivity contribution in [1.29, 1.82) is 0 Å². The summed E-state index contributed by atoms with van der Waals surface area (Å²) < 4.78 is 19.0. The molecule has 2 aromatic rings. The number of hydrogen-bond acceptors (Lipinski definition) is 3. The van der Waals surface area contributed by atoms with Gasteiger partial charge in [-0.25, -0.2) is 4.39 Å². The maximum atomic E-state index is 13.8. The van der Waals surface area contributed by atoms with Gasteiger partial charge >= 0.3 is 0 Å². The van der Waals surface area contributed by atoms with Crippen molar-refractivity contribution in [2.75, 3.05) is 38.2 Å². The summed E-state index contributed by atoms with van der Waals surface area (Å²) in [6.07, 6.45) is 0. The zero-order valence-electron chi connectivity index (χ0n) is 13.0. The van der Waals surface area contributed by atoms with Gasteiger partial charge in [-0.2, -0.15) is 0 Å². The smallest absolute Gasteiger partial charge is 0.254 e. The molecule has 2 aromatic carbocycles. The van der Waals surface area contributed by atoms with Crippen molar-refractivity contribution >= 4 is 11.6 Å². The predicted molar refractivity (Wildman–Crippen MR) is 87.5 cm³/mol. The first-order valence-corrected chi connectivity index (χ1v) is 7.62. The summed E-state index contributed by atoms with van der Waals surface area (Å²) in [5.41, 5.74) is 1.21. The van der Waals surface area contributed by atoms with E-state index in [4.69, 9.17) is 4.74 Å². The van der Waals surface area contributed by atoms with Crippen molar-refractivity contribution in [2.24, 2.45) is 0 Å². The number of para-hydroxylation sites is 1. The molecule has 5 heteroatoms. The number of piperazine rings is 1. The molecule has 0 unspecified atom stereocenters. The van der Waals surface area contributed by atoms with Crippen LogP contribution in [0, 0.1) is 5.82 Å². The minimum Gasteiger partial charge on any atom is -0.497 e. The predicted octanol–water partition coefficient (Wildman–Crippen LogP) is 2.80. The lowest BCUT2D eigenvalue weighted by atomic mass is 10.1. The molecule has 0 saturated carbocycles. The number of hydrogen-bond donors (Lipinski definition) is 0. The molecule has 0 spiro atoms. The number of carbonyl (C=O) groups is 1. The lowest BCUT2D eigenvalue weighted by Crippen LogP contribution is -2.49. The normalized spacial score (nSPS) is 14.7. The summed E-state index contributed by atoms with van der Waals surface area (Å²) in [5.74, 6) is 0.429. The molecule has 1 amide bonds. The number of rotatable bonds is 3. The molecule has 0 bridgehead atoms. The number of halogens is 1. The van der Waals surface area contributed by atoms with E-state index in [0.717, 1.165) is 0 Å². The number of ether oxygens (including phenoxy) is 1. The first-order chi connectivity index (χ1) is 11.2. The van der Waals surface area contributed by atoms with Crippen LogP contribution in [-0.4, -0.2) is 44.1 Å². The standard InChI is InChI=1S/C18H19FN2O2/c1-23-15-6-4-5-14(13-15)18(22)21-11-9-20(10-12-21)17-8-3-2-7-16(17)19/h2-8,13H,9-12H2,1H3. The Morgan fingerprint density at radius 1 is 1.04 bits per heavy atom. The van der Waals surface area contributed by atoms with Gasteiger partial charge in [-0.3, -0.25) is 4.79 Å². The van der Waals surface area contributed by atoms with Crippen LogP contribution in [0.5, 0.6) is 5.75 Å². The van der Waals surface area contributed by atoms with Gasteiger partial charge in [0.25, 0.3) is 5.91 Å². The van der Waals surface area contributed by atoms with Crippen LogP contribution in [0.25, 0.3) is 0 Å². The largest absolute Gasteiger partial charge is 0.497 e. The third-order valence-electron chi connectivity index (χ3n) is 4.08. The van der Waals surface area contributed by atoms with Crippen LogP contribution in [0.4, 0.5) is 10.1 Å². The van der Waals surface area contributed by atoms with E-state index >= 15 is 0 Å². The number of benzene rings is 2. The molecule has 1 saturated heterocycles. The number of carbonyl (C=O) groups excluding carboxylic acids is 1.